The number of nitrogens with zero attached hydrogens (tertiary/aromatic N) is 4. The van der Waals surface area contributed by atoms with E-state index in [9.17, 15) is 14.4 Å². The van der Waals surface area contributed by atoms with Crippen molar-refractivity contribution in [1.29, 1.82) is 0 Å². The van der Waals surface area contributed by atoms with E-state index in [1.54, 1.807) is 13.0 Å². The smallest absolute Gasteiger partial charge is 0.329 e. The predicted octanol–water partition coefficient (Wildman–Crippen LogP) is 1.75. The van der Waals surface area contributed by atoms with Crippen molar-refractivity contribution < 1.29 is 4.79 Å². The number of aromatic amines is 2. The van der Waals surface area contributed by atoms with Crippen LogP contribution in [-0.2, 0) is 13.1 Å². The van der Waals surface area contributed by atoms with Gasteiger partial charge < -0.3 is 5.32 Å². The Bertz CT molecular complexity index is 1310. The third-order valence-corrected chi connectivity index (χ3v) is 5.51. The van der Waals surface area contributed by atoms with Crippen molar-refractivity contribution >= 4 is 29.2 Å². The molecule has 1 amide bonds. The zero-order valence-electron chi connectivity index (χ0n) is 17.0. The van der Waals surface area contributed by atoms with Crippen LogP contribution < -0.4 is 16.6 Å². The summed E-state index contributed by atoms with van der Waals surface area (Å²) in [5.74, 6) is 0.205. The molecule has 30 heavy (non-hydrogen) atoms. The second-order valence-corrected chi connectivity index (χ2v) is 8.07. The molecule has 0 atom stereocenters. The molecule has 0 saturated heterocycles. The summed E-state index contributed by atoms with van der Waals surface area (Å²) >= 11 is 5.27. The zero-order chi connectivity index (χ0) is 21.6. The molecular formula is C19H23N7O3S. The summed E-state index contributed by atoms with van der Waals surface area (Å²) in [4.78, 5) is 44.7. The Morgan fingerprint density at radius 2 is 2.10 bits per heavy atom. The van der Waals surface area contributed by atoms with E-state index in [0.717, 1.165) is 12.8 Å². The Morgan fingerprint density at radius 3 is 2.73 bits per heavy atom. The number of hydrogen-bond acceptors (Lipinski definition) is 6. The molecule has 3 aromatic heterocycles. The number of fused-ring (bicyclic) bond motifs is 1. The Labute approximate surface area is 176 Å². The summed E-state index contributed by atoms with van der Waals surface area (Å²) in [6.45, 7) is 6.13. The van der Waals surface area contributed by atoms with Gasteiger partial charge in [-0.1, -0.05) is 13.8 Å². The van der Waals surface area contributed by atoms with E-state index in [1.165, 1.54) is 4.57 Å². The molecule has 0 radical (unpaired) electrons. The van der Waals surface area contributed by atoms with E-state index < -0.39 is 17.2 Å². The second kappa shape index (κ2) is 7.63. The van der Waals surface area contributed by atoms with Crippen molar-refractivity contribution in [3.05, 3.63) is 48.8 Å². The molecule has 3 heterocycles. The van der Waals surface area contributed by atoms with Gasteiger partial charge in [-0.3, -0.25) is 28.8 Å². The molecule has 1 aliphatic rings. The van der Waals surface area contributed by atoms with Crippen LogP contribution in [0.15, 0.2) is 15.7 Å². The van der Waals surface area contributed by atoms with Gasteiger partial charge in [0.05, 0.1) is 17.5 Å². The summed E-state index contributed by atoms with van der Waals surface area (Å²) in [6, 6.07) is 1.93. The highest BCUT2D eigenvalue weighted by Crippen LogP contribution is 2.35. The summed E-state index contributed by atoms with van der Waals surface area (Å²) < 4.78 is 3.81. The Hall–Kier alpha value is -3.08. The maximum Gasteiger partial charge on any atom is 0.329 e. The van der Waals surface area contributed by atoms with Crippen LogP contribution in [0.4, 0.5) is 0 Å². The first-order valence-corrected chi connectivity index (χ1v) is 10.3. The maximum atomic E-state index is 13.1. The van der Waals surface area contributed by atoms with Crippen molar-refractivity contribution in [2.45, 2.75) is 58.7 Å². The average Bonchev–Trinajstić information content (AvgIpc) is 3.47. The second-order valence-electron chi connectivity index (χ2n) is 7.68. The van der Waals surface area contributed by atoms with E-state index >= 15 is 0 Å². The summed E-state index contributed by atoms with van der Waals surface area (Å²) in [5, 5.41) is 9.91. The molecule has 10 nitrogen and oxygen atoms in total. The number of amides is 1. The lowest BCUT2D eigenvalue weighted by atomic mass is 10.0. The van der Waals surface area contributed by atoms with Crippen molar-refractivity contribution in [2.24, 2.45) is 0 Å². The lowest BCUT2D eigenvalue weighted by molar-refractivity contribution is 0.0950. The number of carbonyl (C=O) groups is 1. The minimum atomic E-state index is -0.631. The quantitative estimate of drug-likeness (QED) is 0.512. The number of aryl methyl sites for hydroxylation is 1. The molecule has 0 spiro atoms. The van der Waals surface area contributed by atoms with E-state index in [-0.39, 0.29) is 29.1 Å². The summed E-state index contributed by atoms with van der Waals surface area (Å²) in [7, 11) is 0. The molecule has 11 heteroatoms. The number of hydrogen-bond donors (Lipinski definition) is 3. The molecular weight excluding hydrogens is 406 g/mol. The predicted molar refractivity (Wildman–Crippen MR) is 113 cm³/mol. The summed E-state index contributed by atoms with van der Waals surface area (Å²) in [5.41, 5.74) is -0.161. The molecule has 0 unspecified atom stereocenters. The van der Waals surface area contributed by atoms with Gasteiger partial charge in [0.15, 0.2) is 16.2 Å². The molecule has 0 bridgehead atoms. The van der Waals surface area contributed by atoms with Crippen LogP contribution in [0.3, 0.4) is 0 Å². The van der Waals surface area contributed by atoms with Gasteiger partial charge in [-0.15, -0.1) is 0 Å². The number of rotatable bonds is 6. The highest BCUT2D eigenvalue weighted by Gasteiger charge is 2.27. The van der Waals surface area contributed by atoms with Crippen LogP contribution in [0.25, 0.3) is 11.0 Å². The van der Waals surface area contributed by atoms with Crippen molar-refractivity contribution in [3.63, 3.8) is 0 Å². The van der Waals surface area contributed by atoms with E-state index in [4.69, 9.17) is 12.2 Å². The van der Waals surface area contributed by atoms with Gasteiger partial charge in [-0.05, 0) is 44.0 Å². The molecule has 3 N–H and O–H groups in total. The maximum absolute atomic E-state index is 13.1. The van der Waals surface area contributed by atoms with Crippen molar-refractivity contribution in [3.8, 4) is 0 Å². The third-order valence-electron chi connectivity index (χ3n) is 5.22. The fraction of sp³-hybridized carbons (Fsp3) is 0.474. The molecule has 1 aliphatic carbocycles. The number of carbonyl (C=O) groups excluding carboxylic acids is 1. The van der Waals surface area contributed by atoms with Gasteiger partial charge >= 0.3 is 5.69 Å². The highest BCUT2D eigenvalue weighted by molar-refractivity contribution is 7.71. The molecule has 1 fully saturated rings. The Kier molecular flexibility index (Phi) is 5.14. The first-order valence-electron chi connectivity index (χ1n) is 9.93. The highest BCUT2D eigenvalue weighted by atomic mass is 32.1. The molecule has 0 aromatic carbocycles. The van der Waals surface area contributed by atoms with Crippen LogP contribution in [-0.4, -0.2) is 35.2 Å². The van der Waals surface area contributed by atoms with Crippen LogP contribution in [0.2, 0.25) is 0 Å². The van der Waals surface area contributed by atoms with E-state index in [0.29, 0.717) is 28.9 Å². The first-order chi connectivity index (χ1) is 14.3. The topological polar surface area (TPSA) is 130 Å². The van der Waals surface area contributed by atoms with Crippen molar-refractivity contribution in [1.82, 2.24) is 34.6 Å². The SMILES string of the molecule is CCn1c(=O)[nH]c(=O)c2c(C(=O)NCc3n[nH]c(=S)n3C3CC3)cc(C(C)C)nc21. The van der Waals surface area contributed by atoms with Gasteiger partial charge in [0.2, 0.25) is 0 Å². The molecule has 158 valence electrons. The Morgan fingerprint density at radius 1 is 1.37 bits per heavy atom. The van der Waals surface area contributed by atoms with Crippen LogP contribution in [0.1, 0.15) is 67.4 Å². The largest absolute Gasteiger partial charge is 0.345 e. The number of aromatic nitrogens is 6. The monoisotopic (exact) mass is 429 g/mol. The molecule has 4 rings (SSSR count). The Balaban J connectivity index is 1.77. The fourth-order valence-corrected chi connectivity index (χ4v) is 3.79. The first kappa shape index (κ1) is 20.2. The molecule has 1 saturated carbocycles. The molecule has 0 aliphatic heterocycles. The normalized spacial score (nSPS) is 13.9. The minimum Gasteiger partial charge on any atom is -0.345 e. The fourth-order valence-electron chi connectivity index (χ4n) is 3.49. The standard InChI is InChI=1S/C19H23N7O3S/c1-4-25-15-14(17(28)22-18(25)29)11(7-12(21-15)9(2)3)16(27)20-8-13-23-24-19(30)26(13)10-5-6-10/h7,9-10H,4-6,8H2,1-3H3,(H,20,27)(H,24,30)(H,22,28,29). The van der Waals surface area contributed by atoms with Gasteiger partial charge in [0.1, 0.15) is 0 Å². The van der Waals surface area contributed by atoms with Crippen LogP contribution in [0, 0.1) is 4.77 Å². The zero-order valence-corrected chi connectivity index (χ0v) is 17.8. The van der Waals surface area contributed by atoms with Gasteiger partial charge in [0.25, 0.3) is 11.5 Å². The minimum absolute atomic E-state index is 0.00628. The lowest BCUT2D eigenvalue weighted by Gasteiger charge is -2.14. The number of H-pyrrole nitrogens is 2. The van der Waals surface area contributed by atoms with E-state index in [1.807, 2.05) is 18.4 Å². The number of nitrogens with one attached hydrogen (secondary N) is 3. The van der Waals surface area contributed by atoms with Gasteiger partial charge in [-0.25, -0.2) is 9.78 Å². The average molecular weight is 430 g/mol. The van der Waals surface area contributed by atoms with Gasteiger partial charge in [-0.2, -0.15) is 5.10 Å². The van der Waals surface area contributed by atoms with Crippen molar-refractivity contribution in [2.75, 3.05) is 0 Å². The number of pyridine rings is 1. The van der Waals surface area contributed by atoms with Crippen LogP contribution >= 0.6 is 12.2 Å². The third kappa shape index (κ3) is 3.49. The summed E-state index contributed by atoms with van der Waals surface area (Å²) in [6.07, 6.45) is 2.07. The lowest BCUT2D eigenvalue weighted by Crippen LogP contribution is -2.33. The van der Waals surface area contributed by atoms with Gasteiger partial charge in [0, 0.05) is 18.3 Å². The van der Waals surface area contributed by atoms with Crippen LogP contribution in [0.5, 0.6) is 0 Å². The van der Waals surface area contributed by atoms with E-state index in [2.05, 4.69) is 25.5 Å². The molecule has 3 aromatic rings.